The second-order valence-electron chi connectivity index (χ2n) is 2.56. The SMILES string of the molecule is CCc1ccc([N+](=O)[O-])cc1.O=C(O)O. The number of nitro groups is 1. The number of nitro benzene ring substituents is 1. The average Bonchev–Trinajstić information content (AvgIpc) is 2.17. The van der Waals surface area contributed by atoms with Crippen LogP contribution in [0.3, 0.4) is 0 Å². The van der Waals surface area contributed by atoms with Gasteiger partial charge in [-0.15, -0.1) is 0 Å². The lowest BCUT2D eigenvalue weighted by molar-refractivity contribution is -0.384. The first-order valence-corrected chi connectivity index (χ1v) is 4.12. The number of rotatable bonds is 2. The fourth-order valence-corrected chi connectivity index (χ4v) is 0.853. The number of hydrogen-bond acceptors (Lipinski definition) is 3. The van der Waals surface area contributed by atoms with Crippen molar-refractivity contribution >= 4 is 11.8 Å². The van der Waals surface area contributed by atoms with Gasteiger partial charge in [0.1, 0.15) is 0 Å². The third-order valence-corrected chi connectivity index (χ3v) is 1.56. The Kier molecular flexibility index (Phi) is 5.47. The van der Waals surface area contributed by atoms with Gasteiger partial charge < -0.3 is 10.2 Å². The van der Waals surface area contributed by atoms with Gasteiger partial charge in [0.2, 0.25) is 0 Å². The van der Waals surface area contributed by atoms with E-state index in [4.69, 9.17) is 15.0 Å². The van der Waals surface area contributed by atoms with Crippen LogP contribution >= 0.6 is 0 Å². The first-order chi connectivity index (χ1) is 6.97. The van der Waals surface area contributed by atoms with Crippen molar-refractivity contribution in [1.82, 2.24) is 0 Å². The Balaban J connectivity index is 0.000000423. The molecule has 0 atom stereocenters. The van der Waals surface area contributed by atoms with E-state index >= 15 is 0 Å². The highest BCUT2D eigenvalue weighted by Crippen LogP contribution is 2.11. The largest absolute Gasteiger partial charge is 0.503 e. The molecule has 0 unspecified atom stereocenters. The van der Waals surface area contributed by atoms with Gasteiger partial charge in [-0.1, -0.05) is 19.1 Å². The quantitative estimate of drug-likeness (QED) is 0.580. The smallest absolute Gasteiger partial charge is 0.450 e. The molecular weight excluding hydrogens is 202 g/mol. The van der Waals surface area contributed by atoms with Gasteiger partial charge in [-0.2, -0.15) is 0 Å². The van der Waals surface area contributed by atoms with Crippen LogP contribution in [0.2, 0.25) is 0 Å². The van der Waals surface area contributed by atoms with Crippen LogP contribution < -0.4 is 0 Å². The minimum absolute atomic E-state index is 0.155. The van der Waals surface area contributed by atoms with Crippen molar-refractivity contribution in [3.05, 3.63) is 39.9 Å². The van der Waals surface area contributed by atoms with E-state index in [0.717, 1.165) is 12.0 Å². The van der Waals surface area contributed by atoms with Crippen molar-refractivity contribution in [2.75, 3.05) is 0 Å². The van der Waals surface area contributed by atoms with E-state index in [1.54, 1.807) is 12.1 Å². The summed E-state index contributed by atoms with van der Waals surface area (Å²) in [4.78, 5) is 18.4. The lowest BCUT2D eigenvalue weighted by atomic mass is 10.2. The summed E-state index contributed by atoms with van der Waals surface area (Å²) in [5, 5.41) is 24.2. The highest BCUT2D eigenvalue weighted by molar-refractivity contribution is 5.53. The van der Waals surface area contributed by atoms with Crippen LogP contribution in [0.25, 0.3) is 0 Å². The molecule has 0 fully saturated rings. The molecule has 82 valence electrons. The Morgan fingerprint density at radius 2 is 1.73 bits per heavy atom. The number of carboxylic acid groups (broad SMARTS) is 2. The molecule has 0 spiro atoms. The molecule has 6 nitrogen and oxygen atoms in total. The standard InChI is InChI=1S/C8H9NO2.CH2O3/c1-2-7-3-5-8(6-4-7)9(10)11;2-1(3)4/h3-6H,2H2,1H3;(H2,2,3,4). The summed E-state index contributed by atoms with van der Waals surface area (Å²) >= 11 is 0. The Morgan fingerprint density at radius 3 is 2.00 bits per heavy atom. The number of hydrogen-bond donors (Lipinski definition) is 2. The molecule has 0 radical (unpaired) electrons. The molecule has 15 heavy (non-hydrogen) atoms. The molecule has 1 aromatic rings. The minimum Gasteiger partial charge on any atom is -0.450 e. The predicted molar refractivity (Wildman–Crippen MR) is 53.1 cm³/mol. The highest BCUT2D eigenvalue weighted by Gasteiger charge is 2.01. The number of aryl methyl sites for hydroxylation is 1. The summed E-state index contributed by atoms with van der Waals surface area (Å²) in [5.41, 5.74) is 1.28. The van der Waals surface area contributed by atoms with Gasteiger partial charge in [0, 0.05) is 12.1 Å². The topological polar surface area (TPSA) is 101 Å². The minimum atomic E-state index is -1.83. The zero-order chi connectivity index (χ0) is 11.8. The molecule has 2 N–H and O–H groups in total. The first kappa shape index (κ1) is 12.9. The fourth-order valence-electron chi connectivity index (χ4n) is 0.853. The van der Waals surface area contributed by atoms with E-state index in [2.05, 4.69) is 0 Å². The third kappa shape index (κ3) is 6.03. The molecule has 0 saturated carbocycles. The summed E-state index contributed by atoms with van der Waals surface area (Å²) in [6, 6.07) is 6.61. The van der Waals surface area contributed by atoms with Crippen molar-refractivity contribution < 1.29 is 19.9 Å². The summed E-state index contributed by atoms with van der Waals surface area (Å²) in [6.07, 6.45) is -0.919. The van der Waals surface area contributed by atoms with Gasteiger partial charge in [0.25, 0.3) is 5.69 Å². The highest BCUT2D eigenvalue weighted by atomic mass is 16.6. The molecule has 1 rings (SSSR count). The van der Waals surface area contributed by atoms with Crippen molar-refractivity contribution in [2.45, 2.75) is 13.3 Å². The summed E-state index contributed by atoms with van der Waals surface area (Å²) < 4.78 is 0. The van der Waals surface area contributed by atoms with Crippen molar-refractivity contribution in [3.8, 4) is 0 Å². The molecule has 0 aliphatic heterocycles. The van der Waals surface area contributed by atoms with Gasteiger partial charge in [0.15, 0.2) is 0 Å². The molecule has 1 aromatic carbocycles. The van der Waals surface area contributed by atoms with E-state index in [9.17, 15) is 10.1 Å². The monoisotopic (exact) mass is 213 g/mol. The second-order valence-corrected chi connectivity index (χ2v) is 2.56. The van der Waals surface area contributed by atoms with Crippen LogP contribution in [0.1, 0.15) is 12.5 Å². The van der Waals surface area contributed by atoms with E-state index in [0.29, 0.717) is 0 Å². The lowest BCUT2D eigenvalue weighted by Crippen LogP contribution is -1.87. The van der Waals surface area contributed by atoms with E-state index in [1.807, 2.05) is 6.92 Å². The molecule has 0 bridgehead atoms. The van der Waals surface area contributed by atoms with Crippen LogP contribution in [0.15, 0.2) is 24.3 Å². The summed E-state index contributed by atoms with van der Waals surface area (Å²) in [6.45, 7) is 2.02. The Hall–Kier alpha value is -2.11. The van der Waals surface area contributed by atoms with Crippen LogP contribution in [0, 0.1) is 10.1 Å². The van der Waals surface area contributed by atoms with Crippen molar-refractivity contribution in [2.24, 2.45) is 0 Å². The summed E-state index contributed by atoms with van der Waals surface area (Å²) in [7, 11) is 0. The molecule has 0 heterocycles. The number of carbonyl (C=O) groups is 1. The van der Waals surface area contributed by atoms with Gasteiger partial charge in [-0.25, -0.2) is 4.79 Å². The Morgan fingerprint density at radius 1 is 1.33 bits per heavy atom. The maximum Gasteiger partial charge on any atom is 0.503 e. The Labute approximate surface area is 85.9 Å². The predicted octanol–water partition coefficient (Wildman–Crippen LogP) is 2.38. The fraction of sp³-hybridized carbons (Fsp3) is 0.222. The maximum atomic E-state index is 10.2. The molecule has 0 aromatic heterocycles. The first-order valence-electron chi connectivity index (χ1n) is 4.12. The molecule has 6 heteroatoms. The average molecular weight is 213 g/mol. The van der Waals surface area contributed by atoms with E-state index < -0.39 is 6.16 Å². The van der Waals surface area contributed by atoms with Crippen LogP contribution in [0.4, 0.5) is 10.5 Å². The van der Waals surface area contributed by atoms with Gasteiger partial charge in [-0.05, 0) is 12.0 Å². The number of non-ortho nitro benzene ring substituents is 1. The van der Waals surface area contributed by atoms with Crippen LogP contribution in [0.5, 0.6) is 0 Å². The van der Waals surface area contributed by atoms with E-state index in [1.165, 1.54) is 12.1 Å². The Bertz CT molecular complexity index is 329. The molecule has 0 aliphatic carbocycles. The second kappa shape index (κ2) is 6.36. The maximum absolute atomic E-state index is 10.2. The van der Waals surface area contributed by atoms with Crippen molar-refractivity contribution in [1.29, 1.82) is 0 Å². The number of benzene rings is 1. The van der Waals surface area contributed by atoms with Crippen LogP contribution in [-0.4, -0.2) is 21.3 Å². The molecule has 0 amide bonds. The lowest BCUT2D eigenvalue weighted by Gasteiger charge is -1.93. The molecular formula is C9H11NO5. The number of nitrogens with zero attached hydrogens (tertiary/aromatic N) is 1. The van der Waals surface area contributed by atoms with Gasteiger partial charge >= 0.3 is 6.16 Å². The molecule has 0 aliphatic rings. The van der Waals surface area contributed by atoms with Crippen molar-refractivity contribution in [3.63, 3.8) is 0 Å². The van der Waals surface area contributed by atoms with Crippen LogP contribution in [-0.2, 0) is 6.42 Å². The normalized spacial score (nSPS) is 8.60. The summed E-state index contributed by atoms with van der Waals surface area (Å²) in [5.74, 6) is 0. The molecule has 0 saturated heterocycles. The van der Waals surface area contributed by atoms with Gasteiger partial charge in [0.05, 0.1) is 4.92 Å². The van der Waals surface area contributed by atoms with E-state index in [-0.39, 0.29) is 10.6 Å². The zero-order valence-electron chi connectivity index (χ0n) is 8.08. The third-order valence-electron chi connectivity index (χ3n) is 1.56. The van der Waals surface area contributed by atoms with Gasteiger partial charge in [-0.3, -0.25) is 10.1 Å². The zero-order valence-corrected chi connectivity index (χ0v) is 8.08.